The largest absolute Gasteiger partial charge is 0.497 e. The zero-order valence-electron chi connectivity index (χ0n) is 19.2. The summed E-state index contributed by atoms with van der Waals surface area (Å²) in [4.78, 5) is 44.0. The number of Topliss-reactive ketones (excluding diaryl/α,β-unsaturated/α-hetero) is 1. The topological polar surface area (TPSA) is 88.1 Å². The number of fused-ring (bicyclic) bond motifs is 1. The first-order valence-electron chi connectivity index (χ1n) is 10.9. The van der Waals surface area contributed by atoms with Gasteiger partial charge in [-0.15, -0.1) is 0 Å². The number of carbonyl (C=O) groups is 1. The van der Waals surface area contributed by atoms with E-state index in [1.165, 1.54) is 40.8 Å². The average molecular weight is 464 g/mol. The molecule has 0 aliphatic heterocycles. The van der Waals surface area contributed by atoms with E-state index in [0.29, 0.717) is 17.7 Å². The lowest BCUT2D eigenvalue weighted by molar-refractivity contribution is 0.0973. The second-order valence-electron chi connectivity index (χ2n) is 8.44. The molecule has 0 unspecified atom stereocenters. The van der Waals surface area contributed by atoms with Crippen molar-refractivity contribution < 1.29 is 13.9 Å². The van der Waals surface area contributed by atoms with Gasteiger partial charge in [0.1, 0.15) is 11.6 Å². The molecule has 4 rings (SSSR count). The van der Waals surface area contributed by atoms with Crippen LogP contribution >= 0.6 is 0 Å². The summed E-state index contributed by atoms with van der Waals surface area (Å²) >= 11 is 0. The van der Waals surface area contributed by atoms with E-state index >= 15 is 0 Å². The number of benzene rings is 2. The number of ether oxygens (including phenoxy) is 1. The molecule has 8 nitrogen and oxygen atoms in total. The Hall–Kier alpha value is -4.01. The lowest BCUT2D eigenvalue weighted by Crippen LogP contribution is -2.40. The standard InChI is InChI=1S/C25H25FN4O4/c1-16(2)10-11-29-24(32)22-23(30(25(29)33)19-8-5-7-18(26)13-19)27-15-28(22)14-21(31)17-6-4-9-20(12-17)34-3/h4-9,12-13,15-16H,10-11,14H2,1-3H3. The maximum absolute atomic E-state index is 14.0. The van der Waals surface area contributed by atoms with E-state index in [1.54, 1.807) is 30.3 Å². The Kier molecular flexibility index (Phi) is 6.45. The lowest BCUT2D eigenvalue weighted by atomic mass is 10.1. The second-order valence-corrected chi connectivity index (χ2v) is 8.44. The van der Waals surface area contributed by atoms with E-state index in [9.17, 15) is 18.8 Å². The van der Waals surface area contributed by atoms with Crippen LogP contribution in [0.4, 0.5) is 4.39 Å². The fourth-order valence-electron chi connectivity index (χ4n) is 3.77. The zero-order valence-corrected chi connectivity index (χ0v) is 19.2. The van der Waals surface area contributed by atoms with Crippen LogP contribution in [0.5, 0.6) is 5.75 Å². The Balaban J connectivity index is 1.89. The van der Waals surface area contributed by atoms with Gasteiger partial charge in [0.15, 0.2) is 16.9 Å². The predicted octanol–water partition coefficient (Wildman–Crippen LogP) is 3.43. The number of ketones is 1. The number of aromatic nitrogens is 4. The van der Waals surface area contributed by atoms with Gasteiger partial charge in [-0.1, -0.05) is 32.0 Å². The summed E-state index contributed by atoms with van der Waals surface area (Å²) < 4.78 is 22.9. The summed E-state index contributed by atoms with van der Waals surface area (Å²) in [6, 6.07) is 12.2. The summed E-state index contributed by atoms with van der Waals surface area (Å²) in [5, 5.41) is 0. The van der Waals surface area contributed by atoms with Crippen molar-refractivity contribution >= 4 is 16.9 Å². The first-order chi connectivity index (χ1) is 16.3. The summed E-state index contributed by atoms with van der Waals surface area (Å²) in [5.74, 6) is 0.0152. The van der Waals surface area contributed by atoms with Crippen LogP contribution in [-0.2, 0) is 13.1 Å². The number of imidazole rings is 1. The Morgan fingerprint density at radius 2 is 1.88 bits per heavy atom. The third-order valence-corrected chi connectivity index (χ3v) is 5.60. The predicted molar refractivity (Wildman–Crippen MR) is 126 cm³/mol. The molecule has 0 amide bonds. The van der Waals surface area contributed by atoms with Gasteiger partial charge in [-0.3, -0.25) is 14.2 Å². The van der Waals surface area contributed by atoms with Crippen molar-refractivity contribution in [2.24, 2.45) is 5.92 Å². The number of carbonyl (C=O) groups excluding carboxylic acids is 1. The zero-order chi connectivity index (χ0) is 24.4. The summed E-state index contributed by atoms with van der Waals surface area (Å²) in [6.07, 6.45) is 1.95. The van der Waals surface area contributed by atoms with Crippen LogP contribution < -0.4 is 16.0 Å². The first kappa shape index (κ1) is 23.2. The van der Waals surface area contributed by atoms with E-state index in [4.69, 9.17) is 4.74 Å². The highest BCUT2D eigenvalue weighted by atomic mass is 19.1. The van der Waals surface area contributed by atoms with Crippen molar-refractivity contribution in [3.8, 4) is 11.4 Å². The van der Waals surface area contributed by atoms with Gasteiger partial charge in [0, 0.05) is 12.1 Å². The molecule has 0 saturated carbocycles. The fourth-order valence-corrected chi connectivity index (χ4v) is 3.77. The molecule has 176 valence electrons. The van der Waals surface area contributed by atoms with Crippen molar-refractivity contribution in [2.45, 2.75) is 33.4 Å². The van der Waals surface area contributed by atoms with Crippen LogP contribution in [0, 0.1) is 11.7 Å². The van der Waals surface area contributed by atoms with Crippen molar-refractivity contribution in [1.82, 2.24) is 18.7 Å². The molecule has 0 fully saturated rings. The Morgan fingerprint density at radius 1 is 1.12 bits per heavy atom. The third-order valence-electron chi connectivity index (χ3n) is 5.60. The van der Waals surface area contributed by atoms with Crippen LogP contribution in [-0.4, -0.2) is 31.6 Å². The third kappa shape index (κ3) is 4.41. The maximum atomic E-state index is 14.0. The summed E-state index contributed by atoms with van der Waals surface area (Å²) in [5.41, 5.74) is -0.307. The molecule has 0 saturated heterocycles. The molecule has 0 radical (unpaired) electrons. The molecule has 0 atom stereocenters. The van der Waals surface area contributed by atoms with E-state index < -0.39 is 17.1 Å². The number of hydrogen-bond donors (Lipinski definition) is 0. The molecular formula is C25H25FN4O4. The van der Waals surface area contributed by atoms with Crippen molar-refractivity contribution in [3.63, 3.8) is 0 Å². The maximum Gasteiger partial charge on any atom is 0.337 e. The molecule has 34 heavy (non-hydrogen) atoms. The van der Waals surface area contributed by atoms with Crippen LogP contribution in [0.1, 0.15) is 30.6 Å². The van der Waals surface area contributed by atoms with Crippen LogP contribution in [0.3, 0.4) is 0 Å². The van der Waals surface area contributed by atoms with Gasteiger partial charge in [0.25, 0.3) is 5.56 Å². The van der Waals surface area contributed by atoms with Gasteiger partial charge in [-0.05, 0) is 42.7 Å². The molecule has 2 aromatic heterocycles. The highest BCUT2D eigenvalue weighted by Gasteiger charge is 2.21. The molecule has 2 aromatic carbocycles. The van der Waals surface area contributed by atoms with Crippen molar-refractivity contribution in [2.75, 3.05) is 7.11 Å². The van der Waals surface area contributed by atoms with E-state index in [1.807, 2.05) is 13.8 Å². The van der Waals surface area contributed by atoms with Crippen LogP contribution in [0.2, 0.25) is 0 Å². The van der Waals surface area contributed by atoms with Gasteiger partial charge in [0.05, 0.1) is 25.7 Å². The summed E-state index contributed by atoms with van der Waals surface area (Å²) in [7, 11) is 1.51. The molecule has 2 heterocycles. The Morgan fingerprint density at radius 3 is 2.59 bits per heavy atom. The number of halogens is 1. The van der Waals surface area contributed by atoms with Crippen LogP contribution in [0.15, 0.2) is 64.4 Å². The summed E-state index contributed by atoms with van der Waals surface area (Å²) in [6.45, 7) is 4.01. The average Bonchev–Trinajstić information content (AvgIpc) is 3.22. The minimum absolute atomic E-state index is 0.0693. The van der Waals surface area contributed by atoms with E-state index in [-0.39, 0.29) is 41.6 Å². The quantitative estimate of drug-likeness (QED) is 0.373. The van der Waals surface area contributed by atoms with Gasteiger partial charge in [-0.2, -0.15) is 0 Å². The Labute approximate surface area is 194 Å². The van der Waals surface area contributed by atoms with Gasteiger partial charge in [-0.25, -0.2) is 18.7 Å². The normalized spacial score (nSPS) is 11.3. The first-order valence-corrected chi connectivity index (χ1v) is 10.9. The van der Waals surface area contributed by atoms with E-state index in [2.05, 4.69) is 4.98 Å². The smallest absolute Gasteiger partial charge is 0.337 e. The number of methoxy groups -OCH3 is 1. The van der Waals surface area contributed by atoms with Gasteiger partial charge in [0.2, 0.25) is 0 Å². The molecule has 0 aliphatic rings. The van der Waals surface area contributed by atoms with Gasteiger partial charge >= 0.3 is 5.69 Å². The molecule has 0 spiro atoms. The number of rotatable bonds is 8. The minimum Gasteiger partial charge on any atom is -0.497 e. The molecule has 9 heteroatoms. The van der Waals surface area contributed by atoms with E-state index in [0.717, 1.165) is 4.57 Å². The van der Waals surface area contributed by atoms with Crippen molar-refractivity contribution in [1.29, 1.82) is 0 Å². The minimum atomic E-state index is -0.604. The monoisotopic (exact) mass is 464 g/mol. The molecule has 0 bridgehead atoms. The lowest BCUT2D eigenvalue weighted by Gasteiger charge is -2.13. The highest BCUT2D eigenvalue weighted by Crippen LogP contribution is 2.17. The highest BCUT2D eigenvalue weighted by molar-refractivity contribution is 5.96. The van der Waals surface area contributed by atoms with Crippen LogP contribution in [0.25, 0.3) is 16.9 Å². The SMILES string of the molecule is COc1cccc(C(=O)Cn2cnc3c2c(=O)n(CCC(C)C)c(=O)n3-c2cccc(F)c2)c1. The fraction of sp³-hybridized carbons (Fsp3) is 0.280. The molecule has 0 aliphatic carbocycles. The Bertz CT molecular complexity index is 1480. The number of hydrogen-bond acceptors (Lipinski definition) is 5. The second kappa shape index (κ2) is 9.46. The molecule has 0 N–H and O–H groups in total. The van der Waals surface area contributed by atoms with Crippen molar-refractivity contribution in [3.05, 3.63) is 87.1 Å². The van der Waals surface area contributed by atoms with Gasteiger partial charge < -0.3 is 9.30 Å². The number of nitrogens with zero attached hydrogens (tertiary/aromatic N) is 4. The molecule has 4 aromatic rings. The molecular weight excluding hydrogens is 439 g/mol.